The highest BCUT2D eigenvalue weighted by Crippen LogP contribution is 2.22. The fourth-order valence-corrected chi connectivity index (χ4v) is 1.15. The van der Waals surface area contributed by atoms with Gasteiger partial charge in [0.05, 0.1) is 10.7 Å². The first-order valence-corrected chi connectivity index (χ1v) is 3.33. The molecule has 1 fully saturated rings. The van der Waals surface area contributed by atoms with Gasteiger partial charge in [0.1, 0.15) is 0 Å². The molecule has 0 amide bonds. The van der Waals surface area contributed by atoms with Gasteiger partial charge in [0, 0.05) is 0 Å². The van der Waals surface area contributed by atoms with Gasteiger partial charge in [-0.05, 0) is 13.8 Å². The molecule has 0 aromatic carbocycles. The van der Waals surface area contributed by atoms with Crippen molar-refractivity contribution in [2.24, 2.45) is 0 Å². The van der Waals surface area contributed by atoms with Gasteiger partial charge in [0.15, 0.2) is 0 Å². The number of thioether (sulfide) groups is 1. The molecule has 7 heavy (non-hydrogen) atoms. The molecule has 0 atom stereocenters. The van der Waals surface area contributed by atoms with Crippen molar-refractivity contribution in [3.63, 3.8) is 0 Å². The molecule has 1 aliphatic heterocycles. The molecule has 2 N–H and O–H groups in total. The summed E-state index contributed by atoms with van der Waals surface area (Å²) in [7, 11) is 0. The van der Waals surface area contributed by atoms with Crippen LogP contribution in [0, 0.1) is 0 Å². The number of nitrogens with one attached hydrogen (secondary N) is 2. The average molecular weight is 118 g/mol. The predicted molar refractivity (Wildman–Crippen MR) is 32.8 cm³/mol. The van der Waals surface area contributed by atoms with E-state index in [9.17, 15) is 0 Å². The largest absolute Gasteiger partial charge is 0.247 e. The molecule has 1 heterocycles. The maximum atomic E-state index is 3.11. The monoisotopic (exact) mass is 118 g/mol. The molecule has 0 radical (unpaired) electrons. The summed E-state index contributed by atoms with van der Waals surface area (Å²) in [6.07, 6.45) is 0. The van der Waals surface area contributed by atoms with Crippen LogP contribution in [0.4, 0.5) is 0 Å². The van der Waals surface area contributed by atoms with Crippen molar-refractivity contribution in [2.75, 3.05) is 5.88 Å². The molecule has 0 aliphatic carbocycles. The van der Waals surface area contributed by atoms with Crippen LogP contribution in [0.1, 0.15) is 13.8 Å². The van der Waals surface area contributed by atoms with Crippen LogP contribution in [0.3, 0.4) is 0 Å². The van der Waals surface area contributed by atoms with E-state index in [-0.39, 0.29) is 4.87 Å². The van der Waals surface area contributed by atoms with E-state index in [0.29, 0.717) is 0 Å². The second-order valence-corrected chi connectivity index (χ2v) is 3.70. The van der Waals surface area contributed by atoms with Crippen molar-refractivity contribution in [3.8, 4) is 0 Å². The molecule has 1 saturated heterocycles. The zero-order valence-corrected chi connectivity index (χ0v) is 5.43. The van der Waals surface area contributed by atoms with E-state index in [1.54, 1.807) is 0 Å². The number of rotatable bonds is 0. The van der Waals surface area contributed by atoms with Gasteiger partial charge in [-0.2, -0.15) is 0 Å². The number of hydrogen-bond acceptors (Lipinski definition) is 3. The minimum atomic E-state index is 0.250. The Hall–Kier alpha value is 0.270. The molecule has 0 bridgehead atoms. The third-order valence-corrected chi connectivity index (χ3v) is 2.01. The summed E-state index contributed by atoms with van der Waals surface area (Å²) in [5, 5.41) is 0. The quantitative estimate of drug-likeness (QED) is 0.485. The van der Waals surface area contributed by atoms with Crippen molar-refractivity contribution in [1.82, 2.24) is 10.9 Å². The molecule has 0 aromatic heterocycles. The van der Waals surface area contributed by atoms with Crippen molar-refractivity contribution in [1.29, 1.82) is 0 Å². The summed E-state index contributed by atoms with van der Waals surface area (Å²) in [6.45, 7) is 4.30. The van der Waals surface area contributed by atoms with Crippen LogP contribution in [-0.4, -0.2) is 10.7 Å². The fraction of sp³-hybridized carbons (Fsp3) is 1.00. The molecule has 1 rings (SSSR count). The molecule has 1 aliphatic rings. The molecule has 3 heteroatoms. The van der Waals surface area contributed by atoms with Gasteiger partial charge < -0.3 is 0 Å². The summed E-state index contributed by atoms with van der Waals surface area (Å²) in [5.74, 6) is 1.02. The highest BCUT2D eigenvalue weighted by atomic mass is 32.2. The summed E-state index contributed by atoms with van der Waals surface area (Å²) in [6, 6.07) is 0. The van der Waals surface area contributed by atoms with Crippen LogP contribution < -0.4 is 10.9 Å². The zero-order chi connectivity index (χ0) is 5.33. The fourth-order valence-electron chi connectivity index (χ4n) is 0.502. The van der Waals surface area contributed by atoms with Crippen LogP contribution in [-0.2, 0) is 0 Å². The Kier molecular flexibility index (Phi) is 1.28. The topological polar surface area (TPSA) is 24.1 Å². The summed E-state index contributed by atoms with van der Waals surface area (Å²) < 4.78 is 0. The van der Waals surface area contributed by atoms with Gasteiger partial charge in [-0.1, -0.05) is 0 Å². The molecule has 0 spiro atoms. The van der Waals surface area contributed by atoms with Gasteiger partial charge in [0.2, 0.25) is 0 Å². The van der Waals surface area contributed by atoms with E-state index in [1.807, 2.05) is 11.8 Å². The van der Waals surface area contributed by atoms with Crippen LogP contribution in [0.5, 0.6) is 0 Å². The molecule has 0 saturated carbocycles. The van der Waals surface area contributed by atoms with Gasteiger partial charge in [-0.15, -0.1) is 11.8 Å². The van der Waals surface area contributed by atoms with E-state index >= 15 is 0 Å². The second-order valence-electron chi connectivity index (χ2n) is 2.10. The SMILES string of the molecule is CC1(C)NNCS1. The zero-order valence-electron chi connectivity index (χ0n) is 4.62. The normalized spacial score (nSPS) is 28.3. The van der Waals surface area contributed by atoms with Gasteiger partial charge in [-0.25, -0.2) is 10.9 Å². The summed E-state index contributed by atoms with van der Waals surface area (Å²) >= 11 is 1.88. The average Bonchev–Trinajstić information content (AvgIpc) is 1.84. The lowest BCUT2D eigenvalue weighted by molar-refractivity contribution is 0.505. The summed E-state index contributed by atoms with van der Waals surface area (Å²) in [5.41, 5.74) is 6.13. The Labute approximate surface area is 48.0 Å². The molecule has 0 unspecified atom stereocenters. The Balaban J connectivity index is 2.40. The van der Waals surface area contributed by atoms with Gasteiger partial charge in [0.25, 0.3) is 0 Å². The highest BCUT2D eigenvalue weighted by molar-refractivity contribution is 8.00. The third kappa shape index (κ3) is 1.33. The lowest BCUT2D eigenvalue weighted by atomic mass is 10.4. The standard InChI is InChI=1S/C4H10N2S/c1-4(2)6-5-3-7-4/h5-6H,3H2,1-2H3. The smallest absolute Gasteiger partial charge is 0.0731 e. The van der Waals surface area contributed by atoms with Crippen molar-refractivity contribution < 1.29 is 0 Å². The Morgan fingerprint density at radius 3 is 2.43 bits per heavy atom. The van der Waals surface area contributed by atoms with Crippen molar-refractivity contribution in [2.45, 2.75) is 18.7 Å². The van der Waals surface area contributed by atoms with E-state index in [0.717, 1.165) is 5.88 Å². The van der Waals surface area contributed by atoms with Crippen LogP contribution in [0.15, 0.2) is 0 Å². The lowest BCUT2D eigenvalue weighted by Crippen LogP contribution is -2.36. The first-order chi connectivity index (χ1) is 3.21. The Bertz CT molecular complexity index is 64.1. The molecular formula is C4H10N2S. The van der Waals surface area contributed by atoms with E-state index in [2.05, 4.69) is 24.7 Å². The summed E-state index contributed by atoms with van der Waals surface area (Å²) in [4.78, 5) is 0.250. The Morgan fingerprint density at radius 2 is 2.29 bits per heavy atom. The second kappa shape index (κ2) is 1.65. The predicted octanol–water partition coefficient (Wildman–Crippen LogP) is 0.521. The Morgan fingerprint density at radius 1 is 1.57 bits per heavy atom. The van der Waals surface area contributed by atoms with Crippen molar-refractivity contribution >= 4 is 11.8 Å². The van der Waals surface area contributed by atoms with E-state index < -0.39 is 0 Å². The van der Waals surface area contributed by atoms with Crippen LogP contribution in [0.25, 0.3) is 0 Å². The van der Waals surface area contributed by atoms with E-state index in [1.165, 1.54) is 0 Å². The van der Waals surface area contributed by atoms with Crippen LogP contribution in [0.2, 0.25) is 0 Å². The third-order valence-electron chi connectivity index (χ3n) is 0.895. The van der Waals surface area contributed by atoms with Gasteiger partial charge >= 0.3 is 0 Å². The minimum Gasteiger partial charge on any atom is -0.247 e. The first-order valence-electron chi connectivity index (χ1n) is 2.35. The molecule has 0 aromatic rings. The maximum Gasteiger partial charge on any atom is 0.0731 e. The van der Waals surface area contributed by atoms with Gasteiger partial charge in [-0.3, -0.25) is 0 Å². The molecular weight excluding hydrogens is 108 g/mol. The minimum absolute atomic E-state index is 0.250. The molecule has 2 nitrogen and oxygen atoms in total. The van der Waals surface area contributed by atoms with E-state index in [4.69, 9.17) is 0 Å². The van der Waals surface area contributed by atoms with Crippen molar-refractivity contribution in [3.05, 3.63) is 0 Å². The maximum absolute atomic E-state index is 3.11. The lowest BCUT2D eigenvalue weighted by Gasteiger charge is -2.13. The highest BCUT2D eigenvalue weighted by Gasteiger charge is 2.21. The van der Waals surface area contributed by atoms with Crippen LogP contribution >= 0.6 is 11.8 Å². The molecule has 42 valence electrons. The number of hydrazine groups is 1. The first kappa shape index (κ1) is 5.41. The number of hydrogen-bond donors (Lipinski definition) is 2.